The van der Waals surface area contributed by atoms with Crippen LogP contribution in [0.2, 0.25) is 0 Å². The Balaban J connectivity index is 1.69. The van der Waals surface area contributed by atoms with Gasteiger partial charge >= 0.3 is 0 Å². The highest BCUT2D eigenvalue weighted by atomic mass is 32.1. The number of benzene rings is 1. The fourth-order valence-corrected chi connectivity index (χ4v) is 2.72. The van der Waals surface area contributed by atoms with E-state index in [4.69, 9.17) is 5.73 Å². The zero-order chi connectivity index (χ0) is 13.1. The van der Waals surface area contributed by atoms with Gasteiger partial charge in [0.05, 0.1) is 5.52 Å². The summed E-state index contributed by atoms with van der Waals surface area (Å²) in [5.74, 6) is 0.910. The van der Waals surface area contributed by atoms with Crippen LogP contribution >= 0.6 is 11.3 Å². The maximum Gasteiger partial charge on any atom is 0.126 e. The molecule has 1 aromatic carbocycles. The van der Waals surface area contributed by atoms with Gasteiger partial charge in [-0.15, -0.1) is 0 Å². The quantitative estimate of drug-likeness (QED) is 0.712. The molecule has 3 aromatic rings. The van der Waals surface area contributed by atoms with E-state index in [1.165, 1.54) is 5.56 Å². The van der Waals surface area contributed by atoms with E-state index in [1.54, 1.807) is 11.3 Å². The van der Waals surface area contributed by atoms with E-state index in [1.807, 2.05) is 30.3 Å². The molecular formula is C15H15N3S. The predicted octanol–water partition coefficient (Wildman–Crippen LogP) is 3.53. The Kier molecular flexibility index (Phi) is 3.33. The standard InChI is InChI=1S/C15H15N3S/c16-13-2-3-14-12(9-13)1-4-15(18-14)17-7-5-11-6-8-19-10-11/h1-4,6,8-10H,5,7,16H2,(H,17,18). The zero-order valence-corrected chi connectivity index (χ0v) is 11.3. The number of hydrogen-bond acceptors (Lipinski definition) is 4. The summed E-state index contributed by atoms with van der Waals surface area (Å²) < 4.78 is 0. The number of nitrogens with one attached hydrogen (secondary N) is 1. The number of hydrogen-bond donors (Lipinski definition) is 2. The molecule has 0 radical (unpaired) electrons. The lowest BCUT2D eigenvalue weighted by Crippen LogP contribution is -2.05. The lowest BCUT2D eigenvalue weighted by molar-refractivity contribution is 1.02. The number of nitrogens with zero attached hydrogens (tertiary/aromatic N) is 1. The molecule has 2 aromatic heterocycles. The first-order valence-electron chi connectivity index (χ1n) is 6.22. The second-order valence-electron chi connectivity index (χ2n) is 4.46. The molecule has 4 heteroatoms. The molecule has 0 aliphatic carbocycles. The lowest BCUT2D eigenvalue weighted by Gasteiger charge is -2.06. The molecule has 2 heterocycles. The van der Waals surface area contributed by atoms with Crippen molar-refractivity contribution in [3.63, 3.8) is 0 Å². The topological polar surface area (TPSA) is 50.9 Å². The third-order valence-corrected chi connectivity index (χ3v) is 3.75. The number of fused-ring (bicyclic) bond motifs is 1. The van der Waals surface area contributed by atoms with Crippen molar-refractivity contribution in [2.45, 2.75) is 6.42 Å². The van der Waals surface area contributed by atoms with Crippen LogP contribution < -0.4 is 11.1 Å². The van der Waals surface area contributed by atoms with Gasteiger partial charge in [-0.1, -0.05) is 0 Å². The Labute approximate surface area is 116 Å². The van der Waals surface area contributed by atoms with Crippen LogP contribution in [0, 0.1) is 0 Å². The third kappa shape index (κ3) is 2.85. The molecule has 0 fully saturated rings. The number of nitrogens with two attached hydrogens (primary N) is 1. The van der Waals surface area contributed by atoms with Crippen LogP contribution in [0.1, 0.15) is 5.56 Å². The van der Waals surface area contributed by atoms with Gasteiger partial charge < -0.3 is 11.1 Å². The van der Waals surface area contributed by atoms with Gasteiger partial charge in [-0.3, -0.25) is 0 Å². The molecule has 19 heavy (non-hydrogen) atoms. The monoisotopic (exact) mass is 269 g/mol. The van der Waals surface area contributed by atoms with Gasteiger partial charge in [0, 0.05) is 17.6 Å². The minimum Gasteiger partial charge on any atom is -0.399 e. The maximum atomic E-state index is 5.75. The van der Waals surface area contributed by atoms with Gasteiger partial charge in [0.2, 0.25) is 0 Å². The van der Waals surface area contributed by atoms with E-state index in [2.05, 4.69) is 27.1 Å². The van der Waals surface area contributed by atoms with Crippen LogP contribution in [0.3, 0.4) is 0 Å². The number of pyridine rings is 1. The van der Waals surface area contributed by atoms with E-state index in [9.17, 15) is 0 Å². The Morgan fingerprint density at radius 1 is 1.16 bits per heavy atom. The van der Waals surface area contributed by atoms with Gasteiger partial charge in [-0.05, 0) is 59.1 Å². The number of nitrogen functional groups attached to an aromatic ring is 1. The van der Waals surface area contributed by atoms with Crippen LogP contribution in [-0.2, 0) is 6.42 Å². The summed E-state index contributed by atoms with van der Waals surface area (Å²) in [6.45, 7) is 0.893. The van der Waals surface area contributed by atoms with Gasteiger partial charge in [0.25, 0.3) is 0 Å². The highest BCUT2D eigenvalue weighted by Crippen LogP contribution is 2.18. The van der Waals surface area contributed by atoms with Crippen molar-refractivity contribution in [3.05, 3.63) is 52.7 Å². The highest BCUT2D eigenvalue weighted by molar-refractivity contribution is 7.07. The summed E-state index contributed by atoms with van der Waals surface area (Å²) in [7, 11) is 0. The van der Waals surface area contributed by atoms with Crippen LogP contribution in [-0.4, -0.2) is 11.5 Å². The van der Waals surface area contributed by atoms with Gasteiger partial charge in [-0.2, -0.15) is 11.3 Å². The number of rotatable bonds is 4. The molecule has 3 rings (SSSR count). The van der Waals surface area contributed by atoms with Crippen molar-refractivity contribution >= 4 is 33.7 Å². The Bertz CT molecular complexity index is 677. The normalized spacial score (nSPS) is 10.7. The molecule has 0 aliphatic rings. The van der Waals surface area contributed by atoms with E-state index in [0.29, 0.717) is 0 Å². The fourth-order valence-electron chi connectivity index (χ4n) is 2.01. The van der Waals surface area contributed by atoms with Gasteiger partial charge in [0.15, 0.2) is 0 Å². The van der Waals surface area contributed by atoms with Crippen molar-refractivity contribution < 1.29 is 0 Å². The van der Waals surface area contributed by atoms with Crippen molar-refractivity contribution in [1.82, 2.24) is 4.98 Å². The molecule has 96 valence electrons. The minimum atomic E-state index is 0.771. The van der Waals surface area contributed by atoms with Gasteiger partial charge in [-0.25, -0.2) is 4.98 Å². The minimum absolute atomic E-state index is 0.771. The Hall–Kier alpha value is -2.07. The van der Waals surface area contributed by atoms with Crippen molar-refractivity contribution in [2.24, 2.45) is 0 Å². The van der Waals surface area contributed by atoms with Crippen LogP contribution in [0.25, 0.3) is 10.9 Å². The largest absolute Gasteiger partial charge is 0.399 e. The second kappa shape index (κ2) is 5.28. The van der Waals surface area contributed by atoms with Gasteiger partial charge in [0.1, 0.15) is 5.82 Å². The van der Waals surface area contributed by atoms with Crippen molar-refractivity contribution in [1.29, 1.82) is 0 Å². The molecule has 0 unspecified atom stereocenters. The van der Waals surface area contributed by atoms with Crippen LogP contribution in [0.5, 0.6) is 0 Å². The molecule has 0 saturated heterocycles. The smallest absolute Gasteiger partial charge is 0.126 e. The average Bonchev–Trinajstić information content (AvgIpc) is 2.92. The molecule has 0 spiro atoms. The summed E-state index contributed by atoms with van der Waals surface area (Å²) in [6.07, 6.45) is 1.02. The van der Waals surface area contributed by atoms with Crippen LogP contribution in [0.4, 0.5) is 11.5 Å². The molecule has 0 atom stereocenters. The Morgan fingerprint density at radius 2 is 2.11 bits per heavy atom. The predicted molar refractivity (Wildman–Crippen MR) is 82.7 cm³/mol. The number of anilines is 2. The average molecular weight is 269 g/mol. The maximum absolute atomic E-state index is 5.75. The van der Waals surface area contributed by atoms with Crippen molar-refractivity contribution in [2.75, 3.05) is 17.6 Å². The molecule has 0 amide bonds. The van der Waals surface area contributed by atoms with E-state index < -0.39 is 0 Å². The summed E-state index contributed by atoms with van der Waals surface area (Å²) in [6, 6.07) is 12.0. The first kappa shape index (κ1) is 12.0. The summed E-state index contributed by atoms with van der Waals surface area (Å²) in [5, 5.41) is 8.71. The summed E-state index contributed by atoms with van der Waals surface area (Å²) in [4.78, 5) is 4.57. The fraction of sp³-hybridized carbons (Fsp3) is 0.133. The van der Waals surface area contributed by atoms with E-state index in [0.717, 1.165) is 35.4 Å². The SMILES string of the molecule is Nc1ccc2nc(NCCc3ccsc3)ccc2c1. The molecule has 0 aliphatic heterocycles. The first-order valence-corrected chi connectivity index (χ1v) is 7.17. The van der Waals surface area contributed by atoms with E-state index >= 15 is 0 Å². The zero-order valence-electron chi connectivity index (χ0n) is 10.5. The molecule has 3 nitrogen and oxygen atoms in total. The number of aromatic nitrogens is 1. The Morgan fingerprint density at radius 3 is 2.95 bits per heavy atom. The molecule has 0 bridgehead atoms. The van der Waals surface area contributed by atoms with Crippen molar-refractivity contribution in [3.8, 4) is 0 Å². The first-order chi connectivity index (χ1) is 9.31. The number of thiophene rings is 1. The third-order valence-electron chi connectivity index (χ3n) is 3.01. The summed E-state index contributed by atoms with van der Waals surface area (Å²) >= 11 is 1.73. The van der Waals surface area contributed by atoms with Crippen LogP contribution in [0.15, 0.2) is 47.2 Å². The highest BCUT2D eigenvalue weighted by Gasteiger charge is 1.99. The molecule has 0 saturated carbocycles. The molecular weight excluding hydrogens is 254 g/mol. The second-order valence-corrected chi connectivity index (χ2v) is 5.24. The summed E-state index contributed by atoms with van der Waals surface area (Å²) in [5.41, 5.74) is 8.86. The molecule has 3 N–H and O–H groups in total. The van der Waals surface area contributed by atoms with E-state index in [-0.39, 0.29) is 0 Å². The lowest BCUT2D eigenvalue weighted by atomic mass is 10.2.